The molecule has 35 heavy (non-hydrogen) atoms. The Morgan fingerprint density at radius 1 is 0.943 bits per heavy atom. The predicted octanol–water partition coefficient (Wildman–Crippen LogP) is 7.41. The van der Waals surface area contributed by atoms with Gasteiger partial charge >= 0.3 is 6.36 Å². The van der Waals surface area contributed by atoms with Gasteiger partial charge < -0.3 is 14.4 Å². The first kappa shape index (κ1) is 29.2. The Kier molecular flexibility index (Phi) is 12.6. The Hall–Kier alpha value is -2.06. The van der Waals surface area contributed by atoms with Crippen molar-refractivity contribution >= 4 is 0 Å². The molecule has 1 saturated heterocycles. The zero-order valence-electron chi connectivity index (χ0n) is 21.7. The molecule has 0 N–H and O–H groups in total. The monoisotopic (exact) mass is 497 g/mol. The molecule has 1 fully saturated rings. The number of hydrogen-bond donors (Lipinski definition) is 0. The highest BCUT2D eigenvalue weighted by atomic mass is 19.4. The number of likely N-dealkylation sites (tertiary alicyclic amines) is 1. The number of piperidine rings is 1. The number of aryl methyl sites for hydroxylation is 1. The van der Waals surface area contributed by atoms with Crippen LogP contribution in [0.25, 0.3) is 11.3 Å². The maximum atomic E-state index is 12.3. The van der Waals surface area contributed by atoms with E-state index in [1.165, 1.54) is 37.8 Å². The van der Waals surface area contributed by atoms with Gasteiger partial charge in [-0.05, 0) is 75.9 Å². The van der Waals surface area contributed by atoms with E-state index in [0.29, 0.717) is 6.04 Å². The van der Waals surface area contributed by atoms with Crippen LogP contribution in [0.3, 0.4) is 0 Å². The van der Waals surface area contributed by atoms with Crippen molar-refractivity contribution in [2.75, 3.05) is 32.8 Å². The molecule has 1 aliphatic heterocycles. The van der Waals surface area contributed by atoms with Crippen molar-refractivity contribution in [1.82, 2.24) is 14.7 Å². The van der Waals surface area contributed by atoms with E-state index in [2.05, 4.69) is 35.1 Å². The Morgan fingerprint density at radius 3 is 2.20 bits per heavy atom. The molecule has 0 bridgehead atoms. The number of aromatic nitrogens is 2. The zero-order valence-corrected chi connectivity index (χ0v) is 21.7. The number of rotatable bonds is 11. The standard InChI is InChI=1S/C19H24F3N3O.C8H18O/c1-3-10-24-11-8-16(9-12-24)25-14(2)13-18(23-25)15-4-6-17(7-5-15)26-19(20,21)22;1-3-5-6-8-9-7-4-2/h4-7,13,16H,3,8-12H2,1-2H3;3-8H2,1-2H3. The Balaban J connectivity index is 0.000000410. The quantitative estimate of drug-likeness (QED) is 0.303. The first-order chi connectivity index (χ1) is 16.8. The minimum absolute atomic E-state index is 0.222. The van der Waals surface area contributed by atoms with Gasteiger partial charge in [-0.3, -0.25) is 4.68 Å². The fourth-order valence-corrected chi connectivity index (χ4v) is 4.23. The van der Waals surface area contributed by atoms with Crippen molar-refractivity contribution in [1.29, 1.82) is 0 Å². The fraction of sp³-hybridized carbons (Fsp3) is 0.667. The van der Waals surface area contributed by atoms with E-state index in [4.69, 9.17) is 9.84 Å². The normalized spacial score (nSPS) is 15.1. The van der Waals surface area contributed by atoms with E-state index in [9.17, 15) is 13.2 Å². The van der Waals surface area contributed by atoms with Crippen LogP contribution in [-0.2, 0) is 4.74 Å². The molecular formula is C27H42F3N3O2. The van der Waals surface area contributed by atoms with Gasteiger partial charge in [0.2, 0.25) is 0 Å². The molecule has 1 aliphatic rings. The third kappa shape index (κ3) is 10.6. The number of ether oxygens (including phenoxy) is 2. The van der Waals surface area contributed by atoms with Crippen LogP contribution in [-0.4, -0.2) is 53.9 Å². The summed E-state index contributed by atoms with van der Waals surface area (Å²) in [6.45, 7) is 13.8. The molecule has 0 radical (unpaired) electrons. The summed E-state index contributed by atoms with van der Waals surface area (Å²) in [6.07, 6.45) is 3.61. The van der Waals surface area contributed by atoms with Crippen LogP contribution in [0.2, 0.25) is 0 Å². The van der Waals surface area contributed by atoms with Gasteiger partial charge in [-0.25, -0.2) is 0 Å². The van der Waals surface area contributed by atoms with Gasteiger partial charge in [-0.1, -0.05) is 33.6 Å². The Bertz CT molecular complexity index is 823. The molecule has 0 unspecified atom stereocenters. The molecular weight excluding hydrogens is 455 g/mol. The van der Waals surface area contributed by atoms with Gasteiger partial charge in [-0.2, -0.15) is 5.10 Å². The van der Waals surface area contributed by atoms with Crippen LogP contribution < -0.4 is 4.74 Å². The summed E-state index contributed by atoms with van der Waals surface area (Å²) in [6, 6.07) is 8.22. The predicted molar refractivity (Wildman–Crippen MR) is 135 cm³/mol. The molecule has 2 heterocycles. The average molecular weight is 498 g/mol. The van der Waals surface area contributed by atoms with Crippen LogP contribution in [0.15, 0.2) is 30.3 Å². The second kappa shape index (κ2) is 15.1. The van der Waals surface area contributed by atoms with E-state index >= 15 is 0 Å². The molecule has 0 spiro atoms. The Morgan fingerprint density at radius 2 is 1.63 bits per heavy atom. The number of benzene rings is 1. The van der Waals surface area contributed by atoms with Crippen LogP contribution >= 0.6 is 0 Å². The van der Waals surface area contributed by atoms with E-state index in [1.54, 1.807) is 12.1 Å². The summed E-state index contributed by atoms with van der Waals surface area (Å²) < 4.78 is 48.1. The van der Waals surface area contributed by atoms with E-state index in [0.717, 1.165) is 69.1 Å². The maximum absolute atomic E-state index is 12.3. The summed E-state index contributed by atoms with van der Waals surface area (Å²) in [5, 5.41) is 4.71. The van der Waals surface area contributed by atoms with Crippen LogP contribution in [0.5, 0.6) is 5.75 Å². The van der Waals surface area contributed by atoms with Gasteiger partial charge in [-0.15, -0.1) is 13.2 Å². The first-order valence-electron chi connectivity index (χ1n) is 13.0. The fourth-order valence-electron chi connectivity index (χ4n) is 4.23. The third-order valence-electron chi connectivity index (χ3n) is 5.99. The smallest absolute Gasteiger partial charge is 0.406 e. The lowest BCUT2D eigenvalue weighted by Gasteiger charge is -2.32. The lowest BCUT2D eigenvalue weighted by atomic mass is 10.0. The topological polar surface area (TPSA) is 39.5 Å². The van der Waals surface area contributed by atoms with Crippen molar-refractivity contribution in [2.45, 2.75) is 85.0 Å². The number of unbranched alkanes of at least 4 members (excludes halogenated alkanes) is 2. The summed E-state index contributed by atoms with van der Waals surface area (Å²) in [5.74, 6) is -0.222. The Labute approximate surface area is 208 Å². The summed E-state index contributed by atoms with van der Waals surface area (Å²) in [7, 11) is 0. The molecule has 1 aromatic carbocycles. The van der Waals surface area contributed by atoms with Gasteiger partial charge in [0.15, 0.2) is 0 Å². The van der Waals surface area contributed by atoms with Gasteiger partial charge in [0.1, 0.15) is 5.75 Å². The van der Waals surface area contributed by atoms with Crippen LogP contribution in [0, 0.1) is 6.92 Å². The molecule has 0 amide bonds. The van der Waals surface area contributed by atoms with E-state index in [-0.39, 0.29) is 5.75 Å². The molecule has 3 rings (SSSR count). The van der Waals surface area contributed by atoms with Crippen LogP contribution in [0.1, 0.15) is 77.5 Å². The summed E-state index contributed by atoms with van der Waals surface area (Å²) in [4.78, 5) is 2.48. The highest BCUT2D eigenvalue weighted by Gasteiger charge is 2.31. The molecule has 0 saturated carbocycles. The van der Waals surface area contributed by atoms with Crippen molar-refractivity contribution in [3.8, 4) is 17.0 Å². The van der Waals surface area contributed by atoms with Crippen molar-refractivity contribution in [2.24, 2.45) is 0 Å². The molecule has 1 aromatic heterocycles. The summed E-state index contributed by atoms with van der Waals surface area (Å²) in [5.41, 5.74) is 2.63. The lowest BCUT2D eigenvalue weighted by Crippen LogP contribution is -2.35. The molecule has 0 atom stereocenters. The number of halogens is 3. The van der Waals surface area contributed by atoms with Crippen LogP contribution in [0.4, 0.5) is 13.2 Å². The van der Waals surface area contributed by atoms with Gasteiger partial charge in [0, 0.05) is 37.6 Å². The summed E-state index contributed by atoms with van der Waals surface area (Å²) >= 11 is 0. The zero-order chi connectivity index (χ0) is 25.7. The van der Waals surface area contributed by atoms with Crippen molar-refractivity contribution in [3.05, 3.63) is 36.0 Å². The molecule has 198 valence electrons. The number of hydrogen-bond acceptors (Lipinski definition) is 4. The van der Waals surface area contributed by atoms with Gasteiger partial charge in [0.05, 0.1) is 11.7 Å². The average Bonchev–Trinajstić information content (AvgIpc) is 3.21. The molecule has 5 nitrogen and oxygen atoms in total. The number of nitrogens with zero attached hydrogens (tertiary/aromatic N) is 3. The second-order valence-corrected chi connectivity index (χ2v) is 9.08. The maximum Gasteiger partial charge on any atom is 0.573 e. The van der Waals surface area contributed by atoms with Gasteiger partial charge in [0.25, 0.3) is 0 Å². The van der Waals surface area contributed by atoms with Crippen molar-refractivity contribution in [3.63, 3.8) is 0 Å². The largest absolute Gasteiger partial charge is 0.573 e. The second-order valence-electron chi connectivity index (χ2n) is 9.08. The third-order valence-corrected chi connectivity index (χ3v) is 5.99. The first-order valence-corrected chi connectivity index (χ1v) is 13.0. The molecule has 0 aliphatic carbocycles. The minimum atomic E-state index is -4.67. The highest BCUT2D eigenvalue weighted by molar-refractivity contribution is 5.60. The van der Waals surface area contributed by atoms with Crippen molar-refractivity contribution < 1.29 is 22.6 Å². The van der Waals surface area contributed by atoms with E-state index in [1.807, 2.05) is 13.0 Å². The highest BCUT2D eigenvalue weighted by Crippen LogP contribution is 2.29. The molecule has 8 heteroatoms. The number of alkyl halides is 3. The lowest BCUT2D eigenvalue weighted by molar-refractivity contribution is -0.274. The van der Waals surface area contributed by atoms with E-state index < -0.39 is 6.36 Å². The SMILES string of the molecule is CCCCCOCCC.CCCN1CCC(n2nc(-c3ccc(OC(F)(F)F)cc3)cc2C)CC1. The minimum Gasteiger partial charge on any atom is -0.406 e. The molecule has 2 aromatic rings.